The number of nitrogens with one attached hydrogen (secondary N) is 1. The zero-order valence-corrected chi connectivity index (χ0v) is 15.0. The molecule has 1 aliphatic heterocycles. The minimum Gasteiger partial charge on any atom is -0.306 e. The Hall–Kier alpha value is -1.30. The molecule has 1 N–H and O–H groups in total. The molecule has 0 saturated carbocycles. The maximum absolute atomic E-state index is 11.7. The van der Waals surface area contributed by atoms with E-state index in [9.17, 15) is 8.42 Å². The molecule has 2 aromatic rings. The van der Waals surface area contributed by atoms with Gasteiger partial charge in [-0.15, -0.1) is 11.8 Å². The Bertz CT molecular complexity index is 816. The van der Waals surface area contributed by atoms with Crippen molar-refractivity contribution < 1.29 is 8.42 Å². The summed E-state index contributed by atoms with van der Waals surface area (Å²) in [4.78, 5) is 1.78. The Morgan fingerprint density at radius 3 is 2.74 bits per heavy atom. The summed E-state index contributed by atoms with van der Waals surface area (Å²) in [5, 5.41) is 3.62. The molecule has 0 amide bonds. The minimum atomic E-state index is -3.15. The average molecular weight is 348 g/mol. The third-order valence-corrected chi connectivity index (χ3v) is 6.53. The summed E-state index contributed by atoms with van der Waals surface area (Å²) in [6, 6.07) is 14.5. The van der Waals surface area contributed by atoms with Crippen molar-refractivity contribution in [2.45, 2.75) is 35.7 Å². The largest absolute Gasteiger partial charge is 0.306 e. The van der Waals surface area contributed by atoms with E-state index < -0.39 is 9.84 Å². The molecule has 1 atom stereocenters. The molecule has 0 spiro atoms. The van der Waals surface area contributed by atoms with Gasteiger partial charge in [-0.1, -0.05) is 30.3 Å². The summed E-state index contributed by atoms with van der Waals surface area (Å²) < 4.78 is 23.4. The second-order valence-corrected chi connectivity index (χ2v) is 9.10. The van der Waals surface area contributed by atoms with Crippen molar-refractivity contribution in [2.24, 2.45) is 0 Å². The summed E-state index contributed by atoms with van der Waals surface area (Å²) in [6.07, 6.45) is 2.37. The molecule has 1 heterocycles. The number of thioether (sulfide) groups is 1. The van der Waals surface area contributed by atoms with Crippen LogP contribution in [0, 0.1) is 6.92 Å². The molecule has 0 saturated heterocycles. The van der Waals surface area contributed by atoms with Crippen molar-refractivity contribution in [3.8, 4) is 0 Å². The van der Waals surface area contributed by atoms with Crippen LogP contribution in [0.2, 0.25) is 0 Å². The van der Waals surface area contributed by atoms with E-state index in [2.05, 4.69) is 29.6 Å². The van der Waals surface area contributed by atoms with Gasteiger partial charge in [0, 0.05) is 23.7 Å². The Morgan fingerprint density at radius 1 is 1.22 bits per heavy atom. The van der Waals surface area contributed by atoms with Gasteiger partial charge in [-0.3, -0.25) is 0 Å². The lowest BCUT2D eigenvalue weighted by Gasteiger charge is -2.26. The smallest absolute Gasteiger partial charge is 0.175 e. The number of sulfone groups is 1. The molecule has 122 valence electrons. The summed E-state index contributed by atoms with van der Waals surface area (Å²) in [6.45, 7) is 2.60. The van der Waals surface area contributed by atoms with E-state index in [1.54, 1.807) is 6.07 Å². The minimum absolute atomic E-state index is 0.363. The first-order valence-electron chi connectivity index (χ1n) is 7.70. The maximum atomic E-state index is 11.7. The zero-order chi connectivity index (χ0) is 16.4. The molecular formula is C18H21NO2S2. The predicted molar refractivity (Wildman–Crippen MR) is 95.7 cm³/mol. The van der Waals surface area contributed by atoms with Gasteiger partial charge in [0.15, 0.2) is 9.84 Å². The average Bonchev–Trinajstić information content (AvgIpc) is 2.51. The quantitative estimate of drug-likeness (QED) is 0.915. The molecule has 3 nitrogen and oxygen atoms in total. The molecule has 0 unspecified atom stereocenters. The van der Waals surface area contributed by atoms with Gasteiger partial charge in [-0.25, -0.2) is 8.42 Å². The van der Waals surface area contributed by atoms with Crippen LogP contribution in [0.5, 0.6) is 0 Å². The van der Waals surface area contributed by atoms with E-state index in [1.165, 1.54) is 16.7 Å². The third kappa shape index (κ3) is 3.79. The van der Waals surface area contributed by atoms with E-state index in [4.69, 9.17) is 0 Å². The summed E-state index contributed by atoms with van der Waals surface area (Å²) in [7, 11) is -3.15. The number of benzene rings is 2. The van der Waals surface area contributed by atoms with E-state index in [0.717, 1.165) is 29.8 Å². The van der Waals surface area contributed by atoms with Crippen molar-refractivity contribution in [3.63, 3.8) is 0 Å². The van der Waals surface area contributed by atoms with Crippen molar-refractivity contribution >= 4 is 21.6 Å². The predicted octanol–water partition coefficient (Wildman–Crippen LogP) is 3.73. The molecule has 0 fully saturated rings. The number of aryl methyl sites for hydroxylation is 1. The fourth-order valence-corrected chi connectivity index (χ4v) is 5.12. The Morgan fingerprint density at radius 2 is 2.00 bits per heavy atom. The van der Waals surface area contributed by atoms with E-state index in [1.807, 2.05) is 30.8 Å². The second kappa shape index (κ2) is 6.67. The first-order valence-corrected chi connectivity index (χ1v) is 10.6. The van der Waals surface area contributed by atoms with Gasteiger partial charge < -0.3 is 5.32 Å². The summed E-state index contributed by atoms with van der Waals surface area (Å²) in [5.41, 5.74) is 3.30. The molecule has 1 aliphatic rings. The Balaban J connectivity index is 1.74. The highest BCUT2D eigenvalue weighted by Gasteiger charge is 2.19. The van der Waals surface area contributed by atoms with Gasteiger partial charge in [-0.05, 0) is 47.9 Å². The van der Waals surface area contributed by atoms with Crippen LogP contribution in [0.4, 0.5) is 0 Å². The molecule has 0 bridgehead atoms. The molecule has 2 aromatic carbocycles. The highest BCUT2D eigenvalue weighted by atomic mass is 32.2. The normalized spacial score (nSPS) is 17.7. The van der Waals surface area contributed by atoms with Crippen molar-refractivity contribution in [1.29, 1.82) is 0 Å². The van der Waals surface area contributed by atoms with E-state index in [-0.39, 0.29) is 0 Å². The van der Waals surface area contributed by atoms with Crippen LogP contribution in [0.15, 0.2) is 52.3 Å². The lowest BCUT2D eigenvalue weighted by molar-refractivity contribution is 0.510. The molecular weight excluding hydrogens is 326 g/mol. The van der Waals surface area contributed by atoms with Gasteiger partial charge in [0.05, 0.1) is 4.90 Å². The standard InChI is InChI=1S/C18H21NO2S2/c1-13-11-14(7-8-18(13)23(2,20)21)12-19-16-9-10-22-17-6-4-3-5-15(16)17/h3-8,11,16,19H,9-10,12H2,1-2H3/t16-/m1/s1. The molecule has 0 aromatic heterocycles. The van der Waals surface area contributed by atoms with Crippen molar-refractivity contribution in [2.75, 3.05) is 12.0 Å². The molecule has 0 radical (unpaired) electrons. The third-order valence-electron chi connectivity index (χ3n) is 4.15. The number of rotatable bonds is 4. The van der Waals surface area contributed by atoms with Crippen LogP contribution in [-0.4, -0.2) is 20.4 Å². The van der Waals surface area contributed by atoms with Crippen LogP contribution >= 0.6 is 11.8 Å². The second-order valence-electron chi connectivity index (χ2n) is 5.98. The van der Waals surface area contributed by atoms with Crippen LogP contribution in [0.1, 0.15) is 29.2 Å². The number of fused-ring (bicyclic) bond motifs is 1. The fraction of sp³-hybridized carbons (Fsp3) is 0.333. The Labute approximate surface area is 142 Å². The molecule has 3 rings (SSSR count). The van der Waals surface area contributed by atoms with Gasteiger partial charge in [0.2, 0.25) is 0 Å². The highest BCUT2D eigenvalue weighted by molar-refractivity contribution is 7.99. The lowest BCUT2D eigenvalue weighted by atomic mass is 10.0. The van der Waals surface area contributed by atoms with E-state index in [0.29, 0.717) is 10.9 Å². The summed E-state index contributed by atoms with van der Waals surface area (Å²) in [5.74, 6) is 1.13. The lowest BCUT2D eigenvalue weighted by Crippen LogP contribution is -2.24. The van der Waals surface area contributed by atoms with Crippen LogP contribution < -0.4 is 5.32 Å². The molecule has 5 heteroatoms. The first-order chi connectivity index (χ1) is 10.9. The fourth-order valence-electron chi connectivity index (χ4n) is 3.03. The molecule has 0 aliphatic carbocycles. The van der Waals surface area contributed by atoms with E-state index >= 15 is 0 Å². The van der Waals surface area contributed by atoms with Gasteiger partial charge >= 0.3 is 0 Å². The SMILES string of the molecule is Cc1cc(CN[C@@H]2CCSc3ccccc32)ccc1S(C)(=O)=O. The maximum Gasteiger partial charge on any atom is 0.175 e. The van der Waals surface area contributed by atoms with Crippen LogP contribution in [0.3, 0.4) is 0 Å². The van der Waals surface area contributed by atoms with Crippen LogP contribution in [-0.2, 0) is 16.4 Å². The van der Waals surface area contributed by atoms with Crippen molar-refractivity contribution in [3.05, 3.63) is 59.2 Å². The zero-order valence-electron chi connectivity index (χ0n) is 13.4. The first kappa shape index (κ1) is 16.6. The number of hydrogen-bond acceptors (Lipinski definition) is 4. The Kier molecular flexibility index (Phi) is 4.80. The summed E-state index contributed by atoms with van der Waals surface area (Å²) >= 11 is 1.91. The van der Waals surface area contributed by atoms with Gasteiger partial charge in [-0.2, -0.15) is 0 Å². The van der Waals surface area contributed by atoms with Crippen LogP contribution in [0.25, 0.3) is 0 Å². The van der Waals surface area contributed by atoms with Gasteiger partial charge in [0.25, 0.3) is 0 Å². The van der Waals surface area contributed by atoms with Gasteiger partial charge in [0.1, 0.15) is 0 Å². The van der Waals surface area contributed by atoms with Crippen molar-refractivity contribution in [1.82, 2.24) is 5.32 Å². The topological polar surface area (TPSA) is 46.2 Å². The highest BCUT2D eigenvalue weighted by Crippen LogP contribution is 2.35. The number of hydrogen-bond donors (Lipinski definition) is 1. The monoisotopic (exact) mass is 347 g/mol. The molecule has 23 heavy (non-hydrogen) atoms.